The maximum atomic E-state index is 2.78. The van der Waals surface area contributed by atoms with Crippen molar-refractivity contribution in [1.29, 1.82) is 0 Å². The van der Waals surface area contributed by atoms with Gasteiger partial charge >= 0.3 is 0 Å². The van der Waals surface area contributed by atoms with E-state index in [0.29, 0.717) is 0 Å². The summed E-state index contributed by atoms with van der Waals surface area (Å²) >= 11 is 0. The number of nitrogens with zero attached hydrogens (tertiary/aromatic N) is 2. The van der Waals surface area contributed by atoms with Crippen LogP contribution in [-0.4, -0.2) is 6.71 Å². The summed E-state index contributed by atoms with van der Waals surface area (Å²) in [5.74, 6) is 0. The Balaban J connectivity index is 1.38. The van der Waals surface area contributed by atoms with Crippen LogP contribution in [0.2, 0.25) is 0 Å². The Bertz CT molecular complexity index is 2900. The summed E-state index contributed by atoms with van der Waals surface area (Å²) in [5, 5.41) is 0. The Morgan fingerprint density at radius 2 is 0.864 bits per heavy atom. The van der Waals surface area contributed by atoms with Gasteiger partial charge in [0, 0.05) is 34.1 Å². The van der Waals surface area contributed by atoms with Gasteiger partial charge < -0.3 is 9.80 Å². The van der Waals surface area contributed by atoms with Gasteiger partial charge in [0.25, 0.3) is 6.71 Å². The summed E-state index contributed by atoms with van der Waals surface area (Å²) in [7, 11) is 0. The predicted octanol–water partition coefficient (Wildman–Crippen LogP) is 15.6. The Kier molecular flexibility index (Phi) is 9.47. The van der Waals surface area contributed by atoms with Crippen molar-refractivity contribution >= 4 is 57.2 Å². The van der Waals surface area contributed by atoms with Gasteiger partial charge in [-0.15, -0.1) is 0 Å². The van der Waals surface area contributed by atoms with Crippen molar-refractivity contribution < 1.29 is 0 Å². The van der Waals surface area contributed by atoms with Crippen LogP contribution in [-0.2, 0) is 43.3 Å². The molecule has 0 atom stereocenters. The second-order valence-corrected chi connectivity index (χ2v) is 28.1. The van der Waals surface area contributed by atoms with Crippen molar-refractivity contribution in [2.75, 3.05) is 9.80 Å². The SMILES string of the molecule is Cc1cc2c(cc1N1c3cc4c(cc3B3c5cc(C(C)(C)C)ccc5N(c5ccc6c(c5C)C(C)(C)CC6(C)C)c5cc(C(C)(C)C)cc1c53)C(C)(C)CCC4(C)C)C(C)(C)CCC2(C)C. The van der Waals surface area contributed by atoms with Gasteiger partial charge in [0.2, 0.25) is 0 Å². The minimum absolute atomic E-state index is 0.00955. The van der Waals surface area contributed by atoms with Gasteiger partial charge in [0.15, 0.2) is 0 Å². The zero-order valence-corrected chi connectivity index (χ0v) is 44.9. The molecule has 10 rings (SSSR count). The lowest BCUT2D eigenvalue weighted by atomic mass is 9.32. The van der Waals surface area contributed by atoms with Gasteiger partial charge in [-0.1, -0.05) is 155 Å². The zero-order valence-electron chi connectivity index (χ0n) is 44.9. The maximum Gasteiger partial charge on any atom is 0.252 e. The Morgan fingerprint density at radius 1 is 0.409 bits per heavy atom. The van der Waals surface area contributed by atoms with E-state index in [4.69, 9.17) is 0 Å². The van der Waals surface area contributed by atoms with Crippen molar-refractivity contribution in [2.45, 2.75) is 214 Å². The van der Waals surface area contributed by atoms with Crippen LogP contribution < -0.4 is 26.2 Å². The highest BCUT2D eigenvalue weighted by Crippen LogP contribution is 2.56. The Hall–Kier alpha value is -4.24. The van der Waals surface area contributed by atoms with Crippen molar-refractivity contribution in [1.82, 2.24) is 0 Å². The summed E-state index contributed by atoms with van der Waals surface area (Å²) in [5.41, 5.74) is 27.5. The third-order valence-electron chi connectivity index (χ3n) is 18.1. The molecule has 5 aromatic rings. The molecule has 0 unspecified atom stereocenters. The van der Waals surface area contributed by atoms with Crippen LogP contribution >= 0.6 is 0 Å². The van der Waals surface area contributed by atoms with Crippen LogP contribution in [0.25, 0.3) is 0 Å². The highest BCUT2D eigenvalue weighted by Gasteiger charge is 2.50. The molecule has 0 aromatic heterocycles. The first-order valence-corrected chi connectivity index (χ1v) is 25.7. The van der Waals surface area contributed by atoms with Crippen LogP contribution in [0.4, 0.5) is 34.1 Å². The molecule has 0 fully saturated rings. The topological polar surface area (TPSA) is 6.48 Å². The lowest BCUT2D eigenvalue weighted by Gasteiger charge is -2.49. The number of hydrogen-bond donors (Lipinski definition) is 0. The lowest BCUT2D eigenvalue weighted by Crippen LogP contribution is -2.62. The average Bonchev–Trinajstić information content (AvgIpc) is 3.40. The quantitative estimate of drug-likeness (QED) is 0.160. The van der Waals surface area contributed by atoms with E-state index in [1.165, 1.54) is 126 Å². The highest BCUT2D eigenvalue weighted by molar-refractivity contribution is 7.00. The maximum absolute atomic E-state index is 2.78. The van der Waals surface area contributed by atoms with Gasteiger partial charge in [-0.2, -0.15) is 0 Å². The fraction of sp³-hybridized carbons (Fsp3) is 0.524. The summed E-state index contributed by atoms with van der Waals surface area (Å²) < 4.78 is 0. The molecule has 66 heavy (non-hydrogen) atoms. The number of benzene rings is 5. The van der Waals surface area contributed by atoms with Gasteiger partial charge in [-0.25, -0.2) is 0 Å². The molecule has 3 aliphatic carbocycles. The lowest BCUT2D eigenvalue weighted by molar-refractivity contribution is 0.331. The second kappa shape index (κ2) is 13.7. The third kappa shape index (κ3) is 6.53. The molecule has 0 bridgehead atoms. The average molecular weight is 877 g/mol. The van der Waals surface area contributed by atoms with E-state index in [-0.39, 0.29) is 50.0 Å². The van der Waals surface area contributed by atoms with Gasteiger partial charge in [0.1, 0.15) is 0 Å². The fourth-order valence-corrected chi connectivity index (χ4v) is 14.1. The van der Waals surface area contributed by atoms with Crippen LogP contribution in [0, 0.1) is 13.8 Å². The summed E-state index contributed by atoms with van der Waals surface area (Å²) in [6.07, 6.45) is 5.93. The molecule has 2 heterocycles. The molecular formula is C63H81BN2. The molecule has 0 spiro atoms. The summed E-state index contributed by atoms with van der Waals surface area (Å²) in [6, 6.07) is 28.4. The predicted molar refractivity (Wildman–Crippen MR) is 289 cm³/mol. The standard InChI is InChI=1S/C63H81BN2/c1-37-29-42-44(60(13,14)27-25-58(42,9)10)34-50(37)66-51-35-45-43(59(11,12)26-28-61(45,15)16)33-47(51)64-46-30-39(56(3,4)5)21-23-49(46)65(52-31-40(57(6,7)8)32-53(66)55(52)64)48-24-22-41-54(38(48)2)63(19,20)36-62(41,17)18/h21-24,29-35H,25-28,36H2,1-20H3. The molecule has 2 aliphatic heterocycles. The first-order chi connectivity index (χ1) is 30.3. The minimum Gasteiger partial charge on any atom is -0.311 e. The molecule has 5 aliphatic rings. The van der Waals surface area contributed by atoms with Gasteiger partial charge in [-0.05, 0) is 198 Å². The normalized spacial score (nSPS) is 21.1. The minimum atomic E-state index is -0.0905. The van der Waals surface area contributed by atoms with E-state index in [2.05, 4.69) is 215 Å². The fourth-order valence-electron chi connectivity index (χ4n) is 14.1. The van der Waals surface area contributed by atoms with E-state index in [1.54, 1.807) is 5.56 Å². The van der Waals surface area contributed by atoms with E-state index >= 15 is 0 Å². The first-order valence-electron chi connectivity index (χ1n) is 25.7. The zero-order chi connectivity index (χ0) is 48.0. The van der Waals surface area contributed by atoms with Crippen molar-refractivity contribution in [3.05, 3.63) is 122 Å². The van der Waals surface area contributed by atoms with E-state index in [1.807, 2.05) is 0 Å². The van der Waals surface area contributed by atoms with Crippen molar-refractivity contribution in [3.8, 4) is 0 Å². The Labute approximate surface area is 401 Å². The number of hydrogen-bond acceptors (Lipinski definition) is 2. The number of anilines is 6. The summed E-state index contributed by atoms with van der Waals surface area (Å²) in [6.45, 7) is 49.1. The molecule has 2 nitrogen and oxygen atoms in total. The van der Waals surface area contributed by atoms with Crippen LogP contribution in [0.3, 0.4) is 0 Å². The largest absolute Gasteiger partial charge is 0.311 e. The molecule has 5 aromatic carbocycles. The van der Waals surface area contributed by atoms with Crippen molar-refractivity contribution in [3.63, 3.8) is 0 Å². The third-order valence-corrected chi connectivity index (χ3v) is 18.1. The molecule has 346 valence electrons. The van der Waals surface area contributed by atoms with E-state index in [9.17, 15) is 0 Å². The van der Waals surface area contributed by atoms with E-state index < -0.39 is 0 Å². The van der Waals surface area contributed by atoms with Crippen LogP contribution in [0.5, 0.6) is 0 Å². The second-order valence-electron chi connectivity index (χ2n) is 28.1. The highest BCUT2D eigenvalue weighted by atomic mass is 15.2. The molecule has 0 saturated heterocycles. The Morgan fingerprint density at radius 3 is 1.39 bits per heavy atom. The molecule has 0 saturated carbocycles. The molecule has 0 N–H and O–H groups in total. The number of rotatable bonds is 2. The van der Waals surface area contributed by atoms with Gasteiger partial charge in [-0.3, -0.25) is 0 Å². The van der Waals surface area contributed by atoms with Crippen LogP contribution in [0.1, 0.15) is 212 Å². The first kappa shape index (κ1) is 45.5. The summed E-state index contributed by atoms with van der Waals surface area (Å²) in [4.78, 5) is 5.51. The number of aryl methyl sites for hydroxylation is 1. The molecule has 3 heteroatoms. The van der Waals surface area contributed by atoms with Crippen LogP contribution in [0.15, 0.2) is 66.7 Å². The molecule has 0 radical (unpaired) electrons. The number of fused-ring (bicyclic) bond motifs is 7. The monoisotopic (exact) mass is 877 g/mol. The van der Waals surface area contributed by atoms with Gasteiger partial charge in [0.05, 0.1) is 0 Å². The molecule has 0 amide bonds. The van der Waals surface area contributed by atoms with Crippen molar-refractivity contribution in [2.24, 2.45) is 0 Å². The molecular weight excluding hydrogens is 796 g/mol. The smallest absolute Gasteiger partial charge is 0.252 e. The van der Waals surface area contributed by atoms with E-state index in [0.717, 1.165) is 6.42 Å².